The number of rotatable bonds is 5. The lowest BCUT2D eigenvalue weighted by atomic mass is 9.84. The molecule has 5 heteroatoms. The van der Waals surface area contributed by atoms with Crippen molar-refractivity contribution >= 4 is 5.96 Å². The fourth-order valence-electron chi connectivity index (χ4n) is 5.36. The molecule has 0 bridgehead atoms. The standard InChI is InChI=1S/C22H43N5/c1-4-19-8-10-20(11-9-19)25-21(23-2)24-18-22(12-16-26(3)17-13-22)27-14-6-5-7-15-27/h19-20H,4-18H2,1-3H3,(H2,23,24,25). The van der Waals surface area contributed by atoms with Gasteiger partial charge in [0.1, 0.15) is 0 Å². The number of hydrogen-bond donors (Lipinski definition) is 2. The lowest BCUT2D eigenvalue weighted by Crippen LogP contribution is -2.62. The van der Waals surface area contributed by atoms with E-state index in [9.17, 15) is 0 Å². The van der Waals surface area contributed by atoms with E-state index in [4.69, 9.17) is 0 Å². The zero-order valence-electron chi connectivity index (χ0n) is 18.1. The molecule has 156 valence electrons. The number of nitrogens with one attached hydrogen (secondary N) is 2. The summed E-state index contributed by atoms with van der Waals surface area (Å²) in [4.78, 5) is 9.85. The summed E-state index contributed by atoms with van der Waals surface area (Å²) in [6.45, 7) is 8.35. The predicted molar refractivity (Wildman–Crippen MR) is 115 cm³/mol. The van der Waals surface area contributed by atoms with E-state index in [-0.39, 0.29) is 0 Å². The van der Waals surface area contributed by atoms with Crippen LogP contribution in [0.25, 0.3) is 0 Å². The summed E-state index contributed by atoms with van der Waals surface area (Å²) >= 11 is 0. The average Bonchev–Trinajstić information content (AvgIpc) is 2.73. The monoisotopic (exact) mass is 377 g/mol. The topological polar surface area (TPSA) is 42.9 Å². The maximum atomic E-state index is 4.56. The van der Waals surface area contributed by atoms with Crippen molar-refractivity contribution in [1.82, 2.24) is 20.4 Å². The quantitative estimate of drug-likeness (QED) is 0.571. The van der Waals surface area contributed by atoms with Gasteiger partial charge in [-0.1, -0.05) is 19.8 Å². The SMILES string of the molecule is CCC1CCC(NC(=NC)NCC2(N3CCCCC3)CCN(C)CC2)CC1. The lowest BCUT2D eigenvalue weighted by Gasteiger charge is -2.50. The van der Waals surface area contributed by atoms with Crippen LogP contribution in [0.3, 0.4) is 0 Å². The highest BCUT2D eigenvalue weighted by atomic mass is 15.3. The van der Waals surface area contributed by atoms with E-state index in [1.807, 2.05) is 7.05 Å². The molecular weight excluding hydrogens is 334 g/mol. The first kappa shape index (κ1) is 20.9. The fourth-order valence-corrected chi connectivity index (χ4v) is 5.36. The first-order valence-electron chi connectivity index (χ1n) is 11.6. The molecule has 0 aromatic rings. The Balaban J connectivity index is 1.55. The molecule has 3 fully saturated rings. The average molecular weight is 378 g/mol. The summed E-state index contributed by atoms with van der Waals surface area (Å²) in [7, 11) is 4.19. The van der Waals surface area contributed by atoms with Crippen LogP contribution in [0.15, 0.2) is 4.99 Å². The minimum absolute atomic E-state index is 0.310. The molecule has 0 amide bonds. The Bertz CT molecular complexity index is 455. The summed E-state index contributed by atoms with van der Waals surface area (Å²) < 4.78 is 0. The first-order valence-corrected chi connectivity index (χ1v) is 11.6. The highest BCUT2D eigenvalue weighted by Crippen LogP contribution is 2.31. The second-order valence-electron chi connectivity index (χ2n) is 9.27. The van der Waals surface area contributed by atoms with Gasteiger partial charge in [-0.2, -0.15) is 0 Å². The Hall–Kier alpha value is -0.810. The highest BCUT2D eigenvalue weighted by Gasteiger charge is 2.39. The van der Waals surface area contributed by atoms with Crippen molar-refractivity contribution in [3.05, 3.63) is 0 Å². The van der Waals surface area contributed by atoms with Gasteiger partial charge in [0.2, 0.25) is 0 Å². The van der Waals surface area contributed by atoms with E-state index in [0.717, 1.165) is 18.4 Å². The summed E-state index contributed by atoms with van der Waals surface area (Å²) in [6.07, 6.45) is 13.4. The second-order valence-corrected chi connectivity index (χ2v) is 9.27. The molecule has 1 saturated carbocycles. The van der Waals surface area contributed by atoms with E-state index in [1.165, 1.54) is 90.4 Å². The molecule has 5 nitrogen and oxygen atoms in total. The molecular formula is C22H43N5. The molecule has 0 aromatic carbocycles. The van der Waals surface area contributed by atoms with Crippen molar-refractivity contribution in [3.8, 4) is 0 Å². The Labute approximate surface area is 167 Å². The van der Waals surface area contributed by atoms with Crippen molar-refractivity contribution in [1.29, 1.82) is 0 Å². The first-order chi connectivity index (χ1) is 13.1. The molecule has 0 spiro atoms. The molecule has 2 heterocycles. The van der Waals surface area contributed by atoms with Crippen LogP contribution in [0.5, 0.6) is 0 Å². The highest BCUT2D eigenvalue weighted by molar-refractivity contribution is 5.80. The molecule has 3 rings (SSSR count). The van der Waals surface area contributed by atoms with Crippen LogP contribution in [0.2, 0.25) is 0 Å². The number of guanidine groups is 1. The normalized spacial score (nSPS) is 30.9. The molecule has 2 saturated heterocycles. The van der Waals surface area contributed by atoms with Crippen molar-refractivity contribution in [2.45, 2.75) is 82.7 Å². The van der Waals surface area contributed by atoms with Crippen molar-refractivity contribution in [2.24, 2.45) is 10.9 Å². The Morgan fingerprint density at radius 1 is 1.00 bits per heavy atom. The van der Waals surface area contributed by atoms with Gasteiger partial charge in [-0.3, -0.25) is 9.89 Å². The third-order valence-electron chi connectivity index (χ3n) is 7.52. The Kier molecular flexibility index (Phi) is 7.83. The number of hydrogen-bond acceptors (Lipinski definition) is 3. The molecule has 0 atom stereocenters. The second kappa shape index (κ2) is 10.1. The van der Waals surface area contributed by atoms with E-state index < -0.39 is 0 Å². The van der Waals surface area contributed by atoms with E-state index in [0.29, 0.717) is 11.6 Å². The van der Waals surface area contributed by atoms with Crippen LogP contribution >= 0.6 is 0 Å². The summed E-state index contributed by atoms with van der Waals surface area (Å²) in [5.41, 5.74) is 0.310. The lowest BCUT2D eigenvalue weighted by molar-refractivity contribution is 0.0172. The smallest absolute Gasteiger partial charge is 0.191 e. The zero-order valence-corrected chi connectivity index (χ0v) is 18.1. The summed E-state index contributed by atoms with van der Waals surface area (Å²) in [5, 5.41) is 7.47. The largest absolute Gasteiger partial charge is 0.355 e. The van der Waals surface area contributed by atoms with Gasteiger partial charge in [-0.05, 0) is 90.5 Å². The van der Waals surface area contributed by atoms with Crippen LogP contribution in [0.4, 0.5) is 0 Å². The van der Waals surface area contributed by atoms with E-state index in [2.05, 4.69) is 39.4 Å². The van der Waals surface area contributed by atoms with Gasteiger partial charge in [0.15, 0.2) is 5.96 Å². The Morgan fingerprint density at radius 3 is 2.26 bits per heavy atom. The molecule has 0 radical (unpaired) electrons. The van der Waals surface area contributed by atoms with Gasteiger partial charge in [0.25, 0.3) is 0 Å². The number of likely N-dealkylation sites (tertiary alicyclic amines) is 2. The van der Waals surface area contributed by atoms with Gasteiger partial charge in [-0.15, -0.1) is 0 Å². The predicted octanol–water partition coefficient (Wildman–Crippen LogP) is 3.07. The third kappa shape index (κ3) is 5.60. The molecule has 3 aliphatic rings. The van der Waals surface area contributed by atoms with Crippen LogP contribution in [0.1, 0.15) is 71.1 Å². The maximum Gasteiger partial charge on any atom is 0.191 e. The van der Waals surface area contributed by atoms with E-state index in [1.54, 1.807) is 0 Å². The molecule has 0 aromatic heterocycles. The summed E-state index contributed by atoms with van der Waals surface area (Å²) in [5.74, 6) is 1.96. The Morgan fingerprint density at radius 2 is 1.67 bits per heavy atom. The number of nitrogens with zero attached hydrogens (tertiary/aromatic N) is 3. The molecule has 0 unspecified atom stereocenters. The van der Waals surface area contributed by atoms with Gasteiger partial charge >= 0.3 is 0 Å². The van der Waals surface area contributed by atoms with Gasteiger partial charge < -0.3 is 15.5 Å². The number of piperidine rings is 2. The van der Waals surface area contributed by atoms with E-state index >= 15 is 0 Å². The van der Waals surface area contributed by atoms with Crippen LogP contribution in [0, 0.1) is 5.92 Å². The maximum absolute atomic E-state index is 4.56. The molecule has 2 aliphatic heterocycles. The van der Waals surface area contributed by atoms with Gasteiger partial charge in [0.05, 0.1) is 0 Å². The van der Waals surface area contributed by atoms with Crippen LogP contribution in [-0.2, 0) is 0 Å². The molecule has 27 heavy (non-hydrogen) atoms. The molecule has 2 N–H and O–H groups in total. The van der Waals surface area contributed by atoms with Crippen LogP contribution < -0.4 is 10.6 Å². The van der Waals surface area contributed by atoms with Crippen molar-refractivity contribution in [3.63, 3.8) is 0 Å². The van der Waals surface area contributed by atoms with Crippen molar-refractivity contribution in [2.75, 3.05) is 46.8 Å². The van der Waals surface area contributed by atoms with Gasteiger partial charge in [-0.25, -0.2) is 0 Å². The fraction of sp³-hybridized carbons (Fsp3) is 0.955. The summed E-state index contributed by atoms with van der Waals surface area (Å²) in [6, 6.07) is 0.599. The minimum Gasteiger partial charge on any atom is -0.355 e. The van der Waals surface area contributed by atoms with Crippen molar-refractivity contribution < 1.29 is 0 Å². The zero-order chi connectivity index (χ0) is 19.1. The van der Waals surface area contributed by atoms with Gasteiger partial charge in [0, 0.05) is 25.2 Å². The number of aliphatic imine (C=N–C) groups is 1. The minimum atomic E-state index is 0.310. The molecule has 1 aliphatic carbocycles. The van der Waals surface area contributed by atoms with Crippen LogP contribution in [-0.4, -0.2) is 74.2 Å². The third-order valence-corrected chi connectivity index (χ3v) is 7.52.